The molecule has 0 aromatic carbocycles. The van der Waals surface area contributed by atoms with Gasteiger partial charge in [-0.15, -0.1) is 0 Å². The Hall–Kier alpha value is -1.99. The standard InChI is InChI=1S/C15H20N6S/c1-20-3-5-21(6-4-20)15-13(8-16)14(18-11-19-15)17-9-12-2-7-22-10-12/h2,7-8,10-11,16H,3-6,9H2,1H3,(H,17,18,19). The molecule has 1 fully saturated rings. The highest BCUT2D eigenvalue weighted by atomic mass is 32.1. The molecule has 1 saturated heterocycles. The lowest BCUT2D eigenvalue weighted by Gasteiger charge is -2.34. The van der Waals surface area contributed by atoms with Crippen LogP contribution in [0.2, 0.25) is 0 Å². The quantitative estimate of drug-likeness (QED) is 0.825. The second-order valence-electron chi connectivity index (χ2n) is 5.38. The van der Waals surface area contributed by atoms with Crippen LogP contribution in [0.15, 0.2) is 23.2 Å². The molecule has 0 amide bonds. The first-order valence-electron chi connectivity index (χ1n) is 7.32. The summed E-state index contributed by atoms with van der Waals surface area (Å²) in [5, 5.41) is 15.2. The van der Waals surface area contributed by atoms with Crippen molar-refractivity contribution < 1.29 is 0 Å². The minimum Gasteiger partial charge on any atom is -0.365 e. The summed E-state index contributed by atoms with van der Waals surface area (Å²) in [7, 11) is 2.13. The van der Waals surface area contributed by atoms with Crippen molar-refractivity contribution in [3.05, 3.63) is 34.3 Å². The van der Waals surface area contributed by atoms with Crippen molar-refractivity contribution in [3.8, 4) is 0 Å². The third-order valence-electron chi connectivity index (χ3n) is 3.85. The molecule has 0 bridgehead atoms. The lowest BCUT2D eigenvalue weighted by molar-refractivity contribution is 0.312. The summed E-state index contributed by atoms with van der Waals surface area (Å²) >= 11 is 1.68. The van der Waals surface area contributed by atoms with Gasteiger partial charge in [-0.2, -0.15) is 11.3 Å². The van der Waals surface area contributed by atoms with Crippen molar-refractivity contribution in [2.75, 3.05) is 43.4 Å². The first-order chi connectivity index (χ1) is 10.8. The summed E-state index contributed by atoms with van der Waals surface area (Å²) in [5.74, 6) is 1.58. The minimum absolute atomic E-state index is 0.712. The van der Waals surface area contributed by atoms with Gasteiger partial charge in [-0.05, 0) is 29.4 Å². The Balaban J connectivity index is 1.79. The third kappa shape index (κ3) is 3.26. The van der Waals surface area contributed by atoms with Crippen LogP contribution in [0.5, 0.6) is 0 Å². The van der Waals surface area contributed by atoms with Crippen LogP contribution in [0.4, 0.5) is 11.6 Å². The van der Waals surface area contributed by atoms with Crippen LogP contribution in [-0.2, 0) is 6.54 Å². The molecule has 7 heteroatoms. The number of piperazine rings is 1. The van der Waals surface area contributed by atoms with E-state index in [1.165, 1.54) is 11.8 Å². The van der Waals surface area contributed by atoms with E-state index in [2.05, 4.69) is 49.0 Å². The Morgan fingerprint density at radius 3 is 2.82 bits per heavy atom. The fourth-order valence-corrected chi connectivity index (χ4v) is 3.18. The van der Waals surface area contributed by atoms with Crippen LogP contribution < -0.4 is 10.2 Å². The summed E-state index contributed by atoms with van der Waals surface area (Å²) in [6.45, 7) is 4.60. The van der Waals surface area contributed by atoms with E-state index >= 15 is 0 Å². The van der Waals surface area contributed by atoms with Gasteiger partial charge >= 0.3 is 0 Å². The smallest absolute Gasteiger partial charge is 0.143 e. The van der Waals surface area contributed by atoms with Crippen LogP contribution in [-0.4, -0.2) is 54.3 Å². The molecule has 2 N–H and O–H groups in total. The van der Waals surface area contributed by atoms with Crippen LogP contribution in [0.1, 0.15) is 11.1 Å². The topological polar surface area (TPSA) is 68.1 Å². The Bertz CT molecular complexity index is 619. The molecule has 3 heterocycles. The number of anilines is 2. The summed E-state index contributed by atoms with van der Waals surface area (Å²) in [6.07, 6.45) is 2.93. The van der Waals surface area contributed by atoms with E-state index in [0.717, 1.165) is 43.4 Å². The Labute approximate surface area is 134 Å². The lowest BCUT2D eigenvalue weighted by Crippen LogP contribution is -2.45. The van der Waals surface area contributed by atoms with Crippen LogP contribution in [0.25, 0.3) is 0 Å². The van der Waals surface area contributed by atoms with Crippen molar-refractivity contribution >= 4 is 29.2 Å². The van der Waals surface area contributed by atoms with E-state index in [0.29, 0.717) is 6.54 Å². The van der Waals surface area contributed by atoms with Gasteiger partial charge in [-0.25, -0.2) is 9.97 Å². The van der Waals surface area contributed by atoms with E-state index in [9.17, 15) is 0 Å². The lowest BCUT2D eigenvalue weighted by atomic mass is 10.2. The zero-order chi connectivity index (χ0) is 15.4. The number of aromatic nitrogens is 2. The molecular weight excluding hydrogens is 296 g/mol. The van der Waals surface area contributed by atoms with Crippen molar-refractivity contribution in [1.29, 1.82) is 5.41 Å². The van der Waals surface area contributed by atoms with Gasteiger partial charge in [0.15, 0.2) is 0 Å². The van der Waals surface area contributed by atoms with Crippen LogP contribution in [0, 0.1) is 5.41 Å². The first kappa shape index (κ1) is 14.9. The van der Waals surface area contributed by atoms with Gasteiger partial charge in [0.05, 0.1) is 5.56 Å². The van der Waals surface area contributed by atoms with Crippen LogP contribution >= 0.6 is 11.3 Å². The fraction of sp³-hybridized carbons (Fsp3) is 0.400. The average Bonchev–Trinajstić information content (AvgIpc) is 3.06. The van der Waals surface area contributed by atoms with E-state index in [-0.39, 0.29) is 0 Å². The number of likely N-dealkylation sites (N-methyl/N-ethyl adjacent to an activating group) is 1. The highest BCUT2D eigenvalue weighted by molar-refractivity contribution is 7.07. The van der Waals surface area contributed by atoms with E-state index < -0.39 is 0 Å². The normalized spacial score (nSPS) is 15.8. The number of rotatable bonds is 5. The summed E-state index contributed by atoms with van der Waals surface area (Å²) in [5.41, 5.74) is 1.99. The molecular formula is C15H20N6S. The predicted octanol–water partition coefficient (Wildman–Crippen LogP) is 1.90. The number of hydrogen-bond acceptors (Lipinski definition) is 7. The van der Waals surface area contributed by atoms with E-state index in [4.69, 9.17) is 5.41 Å². The Morgan fingerprint density at radius 2 is 2.14 bits per heavy atom. The zero-order valence-electron chi connectivity index (χ0n) is 12.6. The van der Waals surface area contributed by atoms with E-state index in [1.807, 2.05) is 0 Å². The second kappa shape index (κ2) is 6.85. The van der Waals surface area contributed by atoms with Gasteiger partial charge in [-0.1, -0.05) is 0 Å². The fourth-order valence-electron chi connectivity index (χ4n) is 2.51. The van der Waals surface area contributed by atoms with Gasteiger partial charge < -0.3 is 20.5 Å². The van der Waals surface area contributed by atoms with Crippen molar-refractivity contribution in [2.45, 2.75) is 6.54 Å². The SMILES string of the molecule is CN1CCN(c2ncnc(NCc3ccsc3)c2C=N)CC1. The second-order valence-corrected chi connectivity index (χ2v) is 6.16. The van der Waals surface area contributed by atoms with Crippen molar-refractivity contribution in [1.82, 2.24) is 14.9 Å². The summed E-state index contributed by atoms with van der Waals surface area (Å²) in [6, 6.07) is 2.09. The van der Waals surface area contributed by atoms with Gasteiger partial charge in [-0.3, -0.25) is 0 Å². The average molecular weight is 316 g/mol. The molecule has 22 heavy (non-hydrogen) atoms. The predicted molar refractivity (Wildman–Crippen MR) is 91.3 cm³/mol. The van der Waals surface area contributed by atoms with Crippen molar-refractivity contribution in [2.24, 2.45) is 0 Å². The third-order valence-corrected chi connectivity index (χ3v) is 4.58. The maximum Gasteiger partial charge on any atom is 0.143 e. The minimum atomic E-state index is 0.712. The van der Waals surface area contributed by atoms with Gasteiger partial charge in [0.25, 0.3) is 0 Å². The largest absolute Gasteiger partial charge is 0.365 e. The van der Waals surface area contributed by atoms with Crippen LogP contribution in [0.3, 0.4) is 0 Å². The number of hydrogen-bond donors (Lipinski definition) is 2. The highest BCUT2D eigenvalue weighted by Crippen LogP contribution is 2.23. The first-order valence-corrected chi connectivity index (χ1v) is 8.26. The molecule has 2 aromatic heterocycles. The highest BCUT2D eigenvalue weighted by Gasteiger charge is 2.19. The van der Waals surface area contributed by atoms with Crippen molar-refractivity contribution in [3.63, 3.8) is 0 Å². The molecule has 0 saturated carbocycles. The molecule has 0 unspecified atom stereocenters. The molecule has 2 aromatic rings. The zero-order valence-corrected chi connectivity index (χ0v) is 13.4. The summed E-state index contributed by atoms with van der Waals surface area (Å²) in [4.78, 5) is 13.3. The molecule has 0 spiro atoms. The maximum absolute atomic E-state index is 7.76. The number of thiophene rings is 1. The molecule has 0 aliphatic carbocycles. The molecule has 1 aliphatic rings. The Kier molecular flexibility index (Phi) is 4.65. The van der Waals surface area contributed by atoms with E-state index in [1.54, 1.807) is 17.7 Å². The number of nitrogens with zero attached hydrogens (tertiary/aromatic N) is 4. The summed E-state index contributed by atoms with van der Waals surface area (Å²) < 4.78 is 0. The molecule has 0 radical (unpaired) electrons. The molecule has 0 atom stereocenters. The Morgan fingerprint density at radius 1 is 1.32 bits per heavy atom. The molecule has 6 nitrogen and oxygen atoms in total. The maximum atomic E-state index is 7.76. The molecule has 1 aliphatic heterocycles. The van der Waals surface area contributed by atoms with Gasteiger partial charge in [0.2, 0.25) is 0 Å². The number of nitrogens with one attached hydrogen (secondary N) is 2. The van der Waals surface area contributed by atoms with Gasteiger partial charge in [0.1, 0.15) is 18.0 Å². The monoisotopic (exact) mass is 316 g/mol. The van der Waals surface area contributed by atoms with Gasteiger partial charge in [0, 0.05) is 38.9 Å². The molecule has 3 rings (SSSR count). The molecule has 116 valence electrons.